The number of halogens is 2. The minimum atomic E-state index is -0.946. The van der Waals surface area contributed by atoms with Crippen molar-refractivity contribution in [1.29, 1.82) is 0 Å². The number of hydrogen-bond donors (Lipinski definition) is 3. The van der Waals surface area contributed by atoms with Crippen LogP contribution in [0.1, 0.15) is 6.42 Å². The molecule has 3 aromatic heterocycles. The Morgan fingerprint density at radius 2 is 2.20 bits per heavy atom. The standard InChI is InChI=1S/C15H15F2N7O/c1-18-15(25)11(2-3-16)23-14-10(17)6-21-13(24-14)9-5-20-12-8(9)4-19-7-22-12/h4-7,11H,2-3H2,1H3,(H,18,25)(H,19,20,22)(H,21,23,24). The summed E-state index contributed by atoms with van der Waals surface area (Å²) in [6, 6.07) is -0.946. The van der Waals surface area contributed by atoms with Crippen molar-refractivity contribution in [2.24, 2.45) is 0 Å². The summed E-state index contributed by atoms with van der Waals surface area (Å²) in [6.07, 6.45) is 5.49. The number of fused-ring (bicyclic) bond motifs is 1. The van der Waals surface area contributed by atoms with Crippen LogP contribution in [0.4, 0.5) is 14.6 Å². The molecule has 0 bridgehead atoms. The predicted octanol–water partition coefficient (Wildman–Crippen LogP) is 1.44. The molecule has 0 aromatic carbocycles. The number of carbonyl (C=O) groups is 1. The fraction of sp³-hybridized carbons (Fsp3) is 0.267. The predicted molar refractivity (Wildman–Crippen MR) is 86.9 cm³/mol. The van der Waals surface area contributed by atoms with Crippen LogP contribution in [0.25, 0.3) is 22.4 Å². The monoisotopic (exact) mass is 347 g/mol. The van der Waals surface area contributed by atoms with Crippen LogP contribution in [-0.2, 0) is 4.79 Å². The lowest BCUT2D eigenvalue weighted by Crippen LogP contribution is -2.38. The number of anilines is 1. The molecule has 0 saturated heterocycles. The Balaban J connectivity index is 1.96. The number of amides is 1. The van der Waals surface area contributed by atoms with E-state index in [9.17, 15) is 13.6 Å². The second-order valence-corrected chi connectivity index (χ2v) is 5.17. The minimum absolute atomic E-state index is 0.112. The zero-order valence-electron chi connectivity index (χ0n) is 13.3. The maximum absolute atomic E-state index is 14.0. The number of alkyl halides is 1. The fourth-order valence-electron chi connectivity index (χ4n) is 2.36. The second kappa shape index (κ2) is 7.16. The van der Waals surface area contributed by atoms with Gasteiger partial charge in [-0.15, -0.1) is 0 Å². The van der Waals surface area contributed by atoms with E-state index in [1.165, 1.54) is 13.4 Å². The van der Waals surface area contributed by atoms with Gasteiger partial charge in [-0.3, -0.25) is 9.18 Å². The summed E-state index contributed by atoms with van der Waals surface area (Å²) >= 11 is 0. The molecular formula is C15H15F2N7O. The molecule has 1 amide bonds. The third-order valence-corrected chi connectivity index (χ3v) is 3.61. The summed E-state index contributed by atoms with van der Waals surface area (Å²) < 4.78 is 26.7. The molecule has 8 nitrogen and oxygen atoms in total. The lowest BCUT2D eigenvalue weighted by atomic mass is 10.2. The first-order valence-electron chi connectivity index (χ1n) is 7.48. The summed E-state index contributed by atoms with van der Waals surface area (Å²) in [5.41, 5.74) is 1.17. The SMILES string of the molecule is CNC(=O)C(CCF)Nc1nc(-c2c[nH]c3ncncc23)ncc1F. The molecule has 1 unspecified atom stereocenters. The second-order valence-electron chi connectivity index (χ2n) is 5.17. The highest BCUT2D eigenvalue weighted by atomic mass is 19.1. The number of likely N-dealkylation sites (N-methyl/N-ethyl adjacent to an activating group) is 1. The number of nitrogens with zero attached hydrogens (tertiary/aromatic N) is 4. The van der Waals surface area contributed by atoms with E-state index in [1.807, 2.05) is 0 Å². The van der Waals surface area contributed by atoms with Gasteiger partial charge in [0, 0.05) is 36.8 Å². The molecule has 0 aliphatic heterocycles. The van der Waals surface area contributed by atoms with E-state index < -0.39 is 24.4 Å². The van der Waals surface area contributed by atoms with E-state index in [1.54, 1.807) is 12.4 Å². The Hall–Kier alpha value is -3.17. The first kappa shape index (κ1) is 16.7. The molecule has 130 valence electrons. The first-order valence-corrected chi connectivity index (χ1v) is 7.48. The first-order chi connectivity index (χ1) is 12.1. The van der Waals surface area contributed by atoms with Crippen molar-refractivity contribution in [3.05, 3.63) is 30.7 Å². The molecule has 0 radical (unpaired) electrons. The molecule has 3 aromatic rings. The van der Waals surface area contributed by atoms with Crippen molar-refractivity contribution in [2.75, 3.05) is 19.0 Å². The molecule has 0 aliphatic rings. The summed E-state index contributed by atoms with van der Waals surface area (Å²) in [7, 11) is 1.42. The number of carbonyl (C=O) groups excluding carboxylic acids is 1. The van der Waals surface area contributed by atoms with E-state index in [2.05, 4.69) is 35.6 Å². The maximum Gasteiger partial charge on any atom is 0.242 e. The van der Waals surface area contributed by atoms with Crippen molar-refractivity contribution in [3.8, 4) is 11.4 Å². The molecule has 0 aliphatic carbocycles. The lowest BCUT2D eigenvalue weighted by molar-refractivity contribution is -0.121. The van der Waals surface area contributed by atoms with Crippen LogP contribution in [0.2, 0.25) is 0 Å². The highest BCUT2D eigenvalue weighted by Crippen LogP contribution is 2.25. The molecule has 0 saturated carbocycles. The summed E-state index contributed by atoms with van der Waals surface area (Å²) in [6.45, 7) is -0.732. The summed E-state index contributed by atoms with van der Waals surface area (Å²) in [4.78, 5) is 30.8. The number of aromatic amines is 1. The van der Waals surface area contributed by atoms with Gasteiger partial charge in [-0.2, -0.15) is 0 Å². The topological polar surface area (TPSA) is 108 Å². The van der Waals surface area contributed by atoms with Crippen molar-refractivity contribution in [2.45, 2.75) is 12.5 Å². The Morgan fingerprint density at radius 1 is 1.36 bits per heavy atom. The third kappa shape index (κ3) is 3.37. The van der Waals surface area contributed by atoms with Gasteiger partial charge in [-0.1, -0.05) is 0 Å². The number of aromatic nitrogens is 5. The van der Waals surface area contributed by atoms with Crippen LogP contribution in [0.15, 0.2) is 24.9 Å². The van der Waals surface area contributed by atoms with Gasteiger partial charge in [-0.25, -0.2) is 24.3 Å². The lowest BCUT2D eigenvalue weighted by Gasteiger charge is -2.17. The number of rotatable bonds is 6. The van der Waals surface area contributed by atoms with Gasteiger partial charge >= 0.3 is 0 Å². The molecule has 0 spiro atoms. The summed E-state index contributed by atoms with van der Waals surface area (Å²) in [5.74, 6) is -1.16. The molecule has 3 rings (SSSR count). The third-order valence-electron chi connectivity index (χ3n) is 3.61. The maximum atomic E-state index is 14.0. The molecule has 1 atom stereocenters. The highest BCUT2D eigenvalue weighted by molar-refractivity contribution is 5.91. The molecule has 25 heavy (non-hydrogen) atoms. The molecular weight excluding hydrogens is 332 g/mol. The van der Waals surface area contributed by atoms with Gasteiger partial charge in [0.15, 0.2) is 17.5 Å². The normalized spacial score (nSPS) is 12.1. The zero-order valence-corrected chi connectivity index (χ0v) is 13.3. The van der Waals surface area contributed by atoms with Gasteiger partial charge in [0.05, 0.1) is 12.9 Å². The van der Waals surface area contributed by atoms with Gasteiger partial charge in [0.2, 0.25) is 5.91 Å². The largest absolute Gasteiger partial charge is 0.357 e. The minimum Gasteiger partial charge on any atom is -0.357 e. The van der Waals surface area contributed by atoms with Crippen molar-refractivity contribution in [3.63, 3.8) is 0 Å². The van der Waals surface area contributed by atoms with E-state index in [4.69, 9.17) is 0 Å². The van der Waals surface area contributed by atoms with E-state index in [0.717, 1.165) is 6.20 Å². The number of hydrogen-bond acceptors (Lipinski definition) is 6. The van der Waals surface area contributed by atoms with Gasteiger partial charge in [0.1, 0.15) is 18.0 Å². The number of nitrogens with one attached hydrogen (secondary N) is 3. The van der Waals surface area contributed by atoms with Crippen LogP contribution >= 0.6 is 0 Å². The Morgan fingerprint density at radius 3 is 2.96 bits per heavy atom. The smallest absolute Gasteiger partial charge is 0.242 e. The average molecular weight is 347 g/mol. The van der Waals surface area contributed by atoms with Crippen LogP contribution in [-0.4, -0.2) is 50.6 Å². The van der Waals surface area contributed by atoms with Crippen LogP contribution in [0, 0.1) is 5.82 Å². The molecule has 0 fully saturated rings. The summed E-state index contributed by atoms with van der Waals surface area (Å²) in [5, 5.41) is 5.70. The van der Waals surface area contributed by atoms with Crippen molar-refractivity contribution < 1.29 is 13.6 Å². The molecule has 10 heteroatoms. The van der Waals surface area contributed by atoms with Crippen LogP contribution in [0.5, 0.6) is 0 Å². The van der Waals surface area contributed by atoms with Gasteiger partial charge in [0.25, 0.3) is 0 Å². The van der Waals surface area contributed by atoms with Crippen molar-refractivity contribution >= 4 is 22.8 Å². The Bertz CT molecular complexity index is 898. The fourth-order valence-corrected chi connectivity index (χ4v) is 2.36. The van der Waals surface area contributed by atoms with E-state index in [0.29, 0.717) is 16.6 Å². The van der Waals surface area contributed by atoms with Gasteiger partial charge < -0.3 is 15.6 Å². The van der Waals surface area contributed by atoms with E-state index >= 15 is 0 Å². The van der Waals surface area contributed by atoms with Crippen LogP contribution in [0.3, 0.4) is 0 Å². The quantitative estimate of drug-likeness (QED) is 0.623. The Kier molecular flexibility index (Phi) is 4.78. The Labute approximate surface area is 141 Å². The number of H-pyrrole nitrogens is 1. The van der Waals surface area contributed by atoms with Crippen molar-refractivity contribution in [1.82, 2.24) is 30.2 Å². The van der Waals surface area contributed by atoms with E-state index in [-0.39, 0.29) is 18.1 Å². The van der Waals surface area contributed by atoms with Gasteiger partial charge in [-0.05, 0) is 0 Å². The zero-order chi connectivity index (χ0) is 17.8. The average Bonchev–Trinajstić information content (AvgIpc) is 3.06. The molecule has 3 N–H and O–H groups in total. The highest BCUT2D eigenvalue weighted by Gasteiger charge is 2.20. The molecule has 3 heterocycles. The van der Waals surface area contributed by atoms with Crippen LogP contribution < -0.4 is 10.6 Å².